The van der Waals surface area contributed by atoms with Crippen LogP contribution in [0.5, 0.6) is 0 Å². The highest BCUT2D eigenvalue weighted by Gasteiger charge is 2.28. The molecule has 31 heavy (non-hydrogen) atoms. The van der Waals surface area contributed by atoms with Crippen molar-refractivity contribution < 1.29 is 17.9 Å². The average Bonchev–Trinajstić information content (AvgIpc) is 2.72. The fraction of sp³-hybridized carbons (Fsp3) is 0.696. The molecule has 1 saturated heterocycles. The van der Waals surface area contributed by atoms with Gasteiger partial charge in [-0.2, -0.15) is 0 Å². The number of rotatable bonds is 8. The largest absolute Gasteiger partial charge is 0.379 e. The monoisotopic (exact) mass is 451 g/mol. The third-order valence-electron chi connectivity index (χ3n) is 6.48. The van der Waals surface area contributed by atoms with Crippen molar-refractivity contribution >= 4 is 15.9 Å². The van der Waals surface area contributed by atoms with Crippen molar-refractivity contribution in [3.05, 3.63) is 28.8 Å². The second kappa shape index (κ2) is 10.9. The minimum atomic E-state index is -3.53. The highest BCUT2D eigenvalue weighted by molar-refractivity contribution is 7.89. The molecule has 1 aliphatic heterocycles. The molecule has 2 fully saturated rings. The molecule has 1 amide bonds. The second-order valence-corrected chi connectivity index (χ2v) is 10.7. The van der Waals surface area contributed by atoms with Gasteiger partial charge in [-0.05, 0) is 63.5 Å². The van der Waals surface area contributed by atoms with E-state index in [4.69, 9.17) is 4.74 Å². The van der Waals surface area contributed by atoms with Crippen molar-refractivity contribution in [3.63, 3.8) is 0 Å². The van der Waals surface area contributed by atoms with E-state index >= 15 is 0 Å². The minimum Gasteiger partial charge on any atom is -0.379 e. The summed E-state index contributed by atoms with van der Waals surface area (Å²) in [5.41, 5.74) is 2.63. The van der Waals surface area contributed by atoms with Crippen molar-refractivity contribution in [3.8, 4) is 0 Å². The van der Waals surface area contributed by atoms with Gasteiger partial charge >= 0.3 is 0 Å². The van der Waals surface area contributed by atoms with Gasteiger partial charge in [0.2, 0.25) is 15.9 Å². The van der Waals surface area contributed by atoms with Gasteiger partial charge in [0.25, 0.3) is 0 Å². The van der Waals surface area contributed by atoms with Crippen LogP contribution < -0.4 is 10.0 Å². The Morgan fingerprint density at radius 3 is 2.29 bits per heavy atom. The third-order valence-corrected chi connectivity index (χ3v) is 8.21. The molecule has 0 spiro atoms. The molecular formula is C23H37N3O4S. The Balaban J connectivity index is 1.41. The summed E-state index contributed by atoms with van der Waals surface area (Å²) in [7, 11) is -3.53. The standard InChI is InChI=1S/C23H37N3O4S/c1-17-14-18(2)22(19(3)15-17)31(28,29)25-16-20-4-6-21(7-5-20)23(27)24-8-9-26-10-12-30-13-11-26/h14-15,20-21,25H,4-13,16H2,1-3H3,(H,24,27). The number of amides is 1. The van der Waals surface area contributed by atoms with Crippen LogP contribution in [0.1, 0.15) is 42.4 Å². The van der Waals surface area contributed by atoms with Crippen molar-refractivity contribution in [2.24, 2.45) is 11.8 Å². The Hall–Kier alpha value is -1.48. The zero-order valence-corrected chi connectivity index (χ0v) is 19.9. The number of hydrogen-bond donors (Lipinski definition) is 2. The van der Waals surface area contributed by atoms with Gasteiger partial charge in [0, 0.05) is 38.6 Å². The van der Waals surface area contributed by atoms with Gasteiger partial charge in [-0.1, -0.05) is 17.7 Å². The maximum Gasteiger partial charge on any atom is 0.241 e. The van der Waals surface area contributed by atoms with Crippen molar-refractivity contribution in [1.82, 2.24) is 14.9 Å². The van der Waals surface area contributed by atoms with Gasteiger partial charge in [0.1, 0.15) is 0 Å². The molecule has 0 radical (unpaired) electrons. The summed E-state index contributed by atoms with van der Waals surface area (Å²) in [5.74, 6) is 0.454. The van der Waals surface area contributed by atoms with Gasteiger partial charge < -0.3 is 10.1 Å². The first-order valence-electron chi connectivity index (χ1n) is 11.4. The zero-order chi connectivity index (χ0) is 22.4. The van der Waals surface area contributed by atoms with E-state index in [9.17, 15) is 13.2 Å². The molecule has 1 saturated carbocycles. The smallest absolute Gasteiger partial charge is 0.241 e. The van der Waals surface area contributed by atoms with Crippen LogP contribution >= 0.6 is 0 Å². The molecule has 1 aromatic carbocycles. The first-order chi connectivity index (χ1) is 14.8. The normalized spacial score (nSPS) is 22.9. The quantitative estimate of drug-likeness (QED) is 0.632. The Labute approximate surface area is 187 Å². The van der Waals surface area contributed by atoms with Crippen LogP contribution in [0.3, 0.4) is 0 Å². The number of aryl methyl sites for hydroxylation is 3. The lowest BCUT2D eigenvalue weighted by atomic mass is 9.81. The summed E-state index contributed by atoms with van der Waals surface area (Å²) in [6.07, 6.45) is 3.38. The molecule has 2 N–H and O–H groups in total. The first kappa shape index (κ1) is 24.2. The summed E-state index contributed by atoms with van der Waals surface area (Å²) in [4.78, 5) is 15.2. The SMILES string of the molecule is Cc1cc(C)c(S(=O)(=O)NCC2CCC(C(=O)NCCN3CCOCC3)CC2)c(C)c1. The predicted molar refractivity (Wildman–Crippen MR) is 122 cm³/mol. The summed E-state index contributed by atoms with van der Waals surface area (Å²) in [6.45, 7) is 11.0. The Bertz CT molecular complexity index is 835. The molecule has 0 unspecified atom stereocenters. The van der Waals surface area contributed by atoms with Gasteiger partial charge in [-0.25, -0.2) is 13.1 Å². The number of nitrogens with zero attached hydrogens (tertiary/aromatic N) is 1. The fourth-order valence-electron chi connectivity index (χ4n) is 4.83. The first-order valence-corrected chi connectivity index (χ1v) is 12.9. The predicted octanol–water partition coefficient (Wildman–Crippen LogP) is 2.14. The van der Waals surface area contributed by atoms with Crippen molar-refractivity contribution in [2.45, 2.75) is 51.3 Å². The summed E-state index contributed by atoms with van der Waals surface area (Å²) in [6, 6.07) is 3.81. The average molecular weight is 452 g/mol. The van der Waals surface area contributed by atoms with Gasteiger partial charge in [0.05, 0.1) is 18.1 Å². The topological polar surface area (TPSA) is 87.7 Å². The number of nitrogens with one attached hydrogen (secondary N) is 2. The van der Waals surface area contributed by atoms with Crippen LogP contribution in [0.25, 0.3) is 0 Å². The van der Waals surface area contributed by atoms with Crippen LogP contribution in [-0.4, -0.2) is 65.2 Å². The molecule has 174 valence electrons. The molecule has 0 aromatic heterocycles. The lowest BCUT2D eigenvalue weighted by Gasteiger charge is -2.29. The lowest BCUT2D eigenvalue weighted by molar-refractivity contribution is -0.126. The van der Waals surface area contributed by atoms with Crippen LogP contribution in [0.15, 0.2) is 17.0 Å². The fourth-order valence-corrected chi connectivity index (χ4v) is 6.39. The van der Waals surface area contributed by atoms with Gasteiger partial charge in [-0.3, -0.25) is 9.69 Å². The van der Waals surface area contributed by atoms with E-state index in [1.54, 1.807) is 0 Å². The number of morpholine rings is 1. The van der Waals surface area contributed by atoms with E-state index < -0.39 is 10.0 Å². The van der Waals surface area contributed by atoms with E-state index in [-0.39, 0.29) is 17.7 Å². The Morgan fingerprint density at radius 1 is 1.06 bits per heavy atom. The van der Waals surface area contributed by atoms with E-state index in [0.717, 1.165) is 75.2 Å². The third kappa shape index (κ3) is 6.75. The molecule has 3 rings (SSSR count). The van der Waals surface area contributed by atoms with E-state index in [0.29, 0.717) is 18.0 Å². The molecule has 0 atom stereocenters. The highest BCUT2D eigenvalue weighted by atomic mass is 32.2. The maximum atomic E-state index is 12.9. The molecule has 2 aliphatic rings. The molecule has 7 nitrogen and oxygen atoms in total. The zero-order valence-electron chi connectivity index (χ0n) is 19.1. The number of carbonyl (C=O) groups is 1. The van der Waals surface area contributed by atoms with Crippen molar-refractivity contribution in [2.75, 3.05) is 45.9 Å². The van der Waals surface area contributed by atoms with E-state index in [2.05, 4.69) is 14.9 Å². The lowest BCUT2D eigenvalue weighted by Crippen LogP contribution is -2.43. The van der Waals surface area contributed by atoms with Crippen LogP contribution in [-0.2, 0) is 19.6 Å². The summed E-state index contributed by atoms with van der Waals surface area (Å²) < 4.78 is 33.9. The molecule has 1 aliphatic carbocycles. The van der Waals surface area contributed by atoms with Crippen LogP contribution in [0.2, 0.25) is 0 Å². The van der Waals surface area contributed by atoms with E-state index in [1.165, 1.54) is 0 Å². The number of sulfonamides is 1. The van der Waals surface area contributed by atoms with Crippen LogP contribution in [0, 0.1) is 32.6 Å². The minimum absolute atomic E-state index is 0.0409. The van der Waals surface area contributed by atoms with Gasteiger partial charge in [-0.15, -0.1) is 0 Å². The molecule has 1 aromatic rings. The van der Waals surface area contributed by atoms with Gasteiger partial charge in [0.15, 0.2) is 0 Å². The number of hydrogen-bond acceptors (Lipinski definition) is 5. The Morgan fingerprint density at radius 2 is 1.68 bits per heavy atom. The molecular weight excluding hydrogens is 414 g/mol. The second-order valence-electron chi connectivity index (χ2n) is 9.04. The number of carbonyl (C=O) groups excluding carboxylic acids is 1. The maximum absolute atomic E-state index is 12.9. The van der Waals surface area contributed by atoms with Crippen molar-refractivity contribution in [1.29, 1.82) is 0 Å². The summed E-state index contributed by atoms with van der Waals surface area (Å²) >= 11 is 0. The molecule has 8 heteroatoms. The summed E-state index contributed by atoms with van der Waals surface area (Å²) in [5, 5.41) is 3.08. The van der Waals surface area contributed by atoms with E-state index in [1.807, 2.05) is 32.9 Å². The highest BCUT2D eigenvalue weighted by Crippen LogP contribution is 2.29. The van der Waals surface area contributed by atoms with Crippen LogP contribution in [0.4, 0.5) is 0 Å². The molecule has 1 heterocycles. The Kier molecular flexibility index (Phi) is 8.50. The number of ether oxygens (including phenoxy) is 1. The molecule has 0 bridgehead atoms. The number of benzene rings is 1.